The lowest BCUT2D eigenvalue weighted by Crippen LogP contribution is -2.00. The number of furan rings is 1. The lowest BCUT2D eigenvalue weighted by Gasteiger charge is -2.10. The molecule has 0 unspecified atom stereocenters. The molecule has 0 spiro atoms. The van der Waals surface area contributed by atoms with Crippen molar-refractivity contribution in [1.82, 2.24) is 15.0 Å². The largest absolute Gasteiger partial charge is 0.456 e. The minimum absolute atomic E-state index is 0.596. The summed E-state index contributed by atoms with van der Waals surface area (Å²) >= 11 is 0. The number of fused-ring (bicyclic) bond motifs is 3. The molecule has 0 aliphatic heterocycles. The van der Waals surface area contributed by atoms with E-state index in [4.69, 9.17) is 19.4 Å². The molecule has 0 atom stereocenters. The SMILES string of the molecule is c1ccc(-c2ccc(-c3ccc(-c4nc(-c5ccccc5)nc(-c5cccc6oc7cc(-c8ccc(-c9ccccc9)cc8)ccc7c56)n4)cc3)cc2)cc1. The van der Waals surface area contributed by atoms with Crippen LogP contribution in [0.1, 0.15) is 0 Å². The van der Waals surface area contributed by atoms with E-state index in [-0.39, 0.29) is 0 Å². The number of hydrogen-bond donors (Lipinski definition) is 0. The molecule has 10 aromatic rings. The van der Waals surface area contributed by atoms with Crippen molar-refractivity contribution in [3.8, 4) is 78.7 Å². The topological polar surface area (TPSA) is 51.8 Å². The fourth-order valence-corrected chi connectivity index (χ4v) is 7.32. The van der Waals surface area contributed by atoms with Gasteiger partial charge in [-0.3, -0.25) is 0 Å². The minimum Gasteiger partial charge on any atom is -0.456 e. The molecule has 0 fully saturated rings. The van der Waals surface area contributed by atoms with Gasteiger partial charge in [-0.25, -0.2) is 15.0 Å². The molecular weight excluding hydrogens is 671 g/mol. The molecule has 0 bridgehead atoms. The van der Waals surface area contributed by atoms with Crippen LogP contribution in [0.3, 0.4) is 0 Å². The number of nitrogens with zero attached hydrogens (tertiary/aromatic N) is 3. The van der Waals surface area contributed by atoms with Crippen molar-refractivity contribution in [3.63, 3.8) is 0 Å². The van der Waals surface area contributed by atoms with Crippen LogP contribution in [0.4, 0.5) is 0 Å². The highest BCUT2D eigenvalue weighted by molar-refractivity contribution is 6.12. The zero-order chi connectivity index (χ0) is 36.6. The summed E-state index contributed by atoms with van der Waals surface area (Å²) < 4.78 is 6.52. The van der Waals surface area contributed by atoms with Crippen LogP contribution in [-0.4, -0.2) is 15.0 Å². The predicted molar refractivity (Wildman–Crippen MR) is 225 cm³/mol. The lowest BCUT2D eigenvalue weighted by atomic mass is 9.99. The summed E-state index contributed by atoms with van der Waals surface area (Å²) in [6, 6.07) is 69.3. The molecule has 0 N–H and O–H groups in total. The highest BCUT2D eigenvalue weighted by Gasteiger charge is 2.18. The molecule has 0 radical (unpaired) electrons. The van der Waals surface area contributed by atoms with Crippen molar-refractivity contribution in [3.05, 3.63) is 200 Å². The maximum Gasteiger partial charge on any atom is 0.164 e. The maximum absolute atomic E-state index is 6.52. The number of aromatic nitrogens is 3. The van der Waals surface area contributed by atoms with E-state index in [1.165, 1.54) is 22.3 Å². The second kappa shape index (κ2) is 13.8. The van der Waals surface area contributed by atoms with Crippen LogP contribution >= 0.6 is 0 Å². The zero-order valence-corrected chi connectivity index (χ0v) is 29.8. The van der Waals surface area contributed by atoms with Gasteiger partial charge in [-0.05, 0) is 62.7 Å². The molecule has 0 amide bonds. The Bertz CT molecular complexity index is 2920. The first kappa shape index (κ1) is 32.2. The Labute approximate surface area is 319 Å². The summed E-state index contributed by atoms with van der Waals surface area (Å²) in [4.78, 5) is 15.2. The van der Waals surface area contributed by atoms with Gasteiger partial charge >= 0.3 is 0 Å². The number of hydrogen-bond acceptors (Lipinski definition) is 4. The Kier molecular flexibility index (Phi) is 8.12. The van der Waals surface area contributed by atoms with Crippen molar-refractivity contribution in [2.45, 2.75) is 0 Å². The fourth-order valence-electron chi connectivity index (χ4n) is 7.32. The first-order valence-electron chi connectivity index (χ1n) is 18.4. The van der Waals surface area contributed by atoms with Gasteiger partial charge in [-0.1, -0.05) is 182 Å². The zero-order valence-electron chi connectivity index (χ0n) is 29.8. The Morgan fingerprint density at radius 3 is 1.16 bits per heavy atom. The van der Waals surface area contributed by atoms with Gasteiger partial charge < -0.3 is 4.42 Å². The standard InChI is InChI=1S/C51H33N3O/c1-4-11-34(12-5-1)36-19-21-38(22-20-36)39-27-29-42(30-28-39)50-52-49(41-15-8-3-9-16-41)53-51(54-50)45-17-10-18-46-48(45)44-32-31-43(33-47(44)55-46)40-25-23-37(24-26-40)35-13-6-2-7-14-35/h1-33H. The Hall–Kier alpha value is -7.43. The third-order valence-corrected chi connectivity index (χ3v) is 10.2. The van der Waals surface area contributed by atoms with Crippen LogP contribution < -0.4 is 0 Å². The molecule has 2 aromatic heterocycles. The van der Waals surface area contributed by atoms with E-state index in [1.807, 2.05) is 54.6 Å². The third-order valence-electron chi connectivity index (χ3n) is 10.2. The highest BCUT2D eigenvalue weighted by Crippen LogP contribution is 2.38. The molecule has 0 saturated heterocycles. The lowest BCUT2D eigenvalue weighted by molar-refractivity contribution is 0.669. The van der Waals surface area contributed by atoms with Gasteiger partial charge in [0, 0.05) is 27.5 Å². The van der Waals surface area contributed by atoms with E-state index in [2.05, 4.69) is 146 Å². The molecule has 0 saturated carbocycles. The molecule has 55 heavy (non-hydrogen) atoms. The van der Waals surface area contributed by atoms with Gasteiger partial charge in [0.05, 0.1) is 0 Å². The Balaban J connectivity index is 1.02. The molecule has 0 aliphatic rings. The summed E-state index contributed by atoms with van der Waals surface area (Å²) in [5.74, 6) is 1.83. The normalized spacial score (nSPS) is 11.3. The average molecular weight is 704 g/mol. The monoisotopic (exact) mass is 703 g/mol. The number of benzene rings is 8. The second-order valence-corrected chi connectivity index (χ2v) is 13.6. The number of rotatable bonds is 7. The quantitative estimate of drug-likeness (QED) is 0.166. The van der Waals surface area contributed by atoms with E-state index in [1.54, 1.807) is 0 Å². The van der Waals surface area contributed by atoms with Crippen molar-refractivity contribution >= 4 is 21.9 Å². The minimum atomic E-state index is 0.596. The van der Waals surface area contributed by atoms with Crippen molar-refractivity contribution in [2.75, 3.05) is 0 Å². The van der Waals surface area contributed by atoms with Crippen LogP contribution in [0.2, 0.25) is 0 Å². The Morgan fingerprint density at radius 1 is 0.273 bits per heavy atom. The Morgan fingerprint density at radius 2 is 0.655 bits per heavy atom. The van der Waals surface area contributed by atoms with Crippen LogP contribution in [-0.2, 0) is 0 Å². The van der Waals surface area contributed by atoms with Gasteiger partial charge in [0.15, 0.2) is 17.5 Å². The molecule has 0 aliphatic carbocycles. The van der Waals surface area contributed by atoms with Crippen molar-refractivity contribution in [2.24, 2.45) is 0 Å². The molecule has 2 heterocycles. The van der Waals surface area contributed by atoms with E-state index < -0.39 is 0 Å². The van der Waals surface area contributed by atoms with Crippen molar-refractivity contribution < 1.29 is 4.42 Å². The van der Waals surface area contributed by atoms with Crippen LogP contribution in [0.25, 0.3) is 101 Å². The first-order valence-corrected chi connectivity index (χ1v) is 18.4. The summed E-state index contributed by atoms with van der Waals surface area (Å²) in [6.45, 7) is 0. The molecule has 4 nitrogen and oxygen atoms in total. The van der Waals surface area contributed by atoms with Crippen LogP contribution in [0.5, 0.6) is 0 Å². The van der Waals surface area contributed by atoms with E-state index in [0.717, 1.165) is 60.9 Å². The van der Waals surface area contributed by atoms with E-state index in [0.29, 0.717) is 17.5 Å². The van der Waals surface area contributed by atoms with E-state index in [9.17, 15) is 0 Å². The van der Waals surface area contributed by atoms with Crippen molar-refractivity contribution in [1.29, 1.82) is 0 Å². The second-order valence-electron chi connectivity index (χ2n) is 13.6. The van der Waals surface area contributed by atoms with E-state index >= 15 is 0 Å². The average Bonchev–Trinajstić information content (AvgIpc) is 3.66. The molecule has 4 heteroatoms. The molecule has 8 aromatic carbocycles. The predicted octanol–water partition coefficient (Wildman–Crippen LogP) is 13.4. The first-order chi connectivity index (χ1) is 27.2. The molecule has 10 rings (SSSR count). The van der Waals surface area contributed by atoms with Gasteiger partial charge in [0.25, 0.3) is 0 Å². The summed E-state index contributed by atoms with van der Waals surface area (Å²) in [6.07, 6.45) is 0. The fraction of sp³-hybridized carbons (Fsp3) is 0. The van der Waals surface area contributed by atoms with Gasteiger partial charge in [-0.15, -0.1) is 0 Å². The highest BCUT2D eigenvalue weighted by atomic mass is 16.3. The van der Waals surface area contributed by atoms with Crippen LogP contribution in [0, 0.1) is 0 Å². The third kappa shape index (κ3) is 6.26. The summed E-state index contributed by atoms with van der Waals surface area (Å²) in [5, 5.41) is 2.00. The maximum atomic E-state index is 6.52. The van der Waals surface area contributed by atoms with Gasteiger partial charge in [-0.2, -0.15) is 0 Å². The summed E-state index contributed by atoms with van der Waals surface area (Å²) in [5.41, 5.74) is 13.6. The smallest absolute Gasteiger partial charge is 0.164 e. The van der Waals surface area contributed by atoms with Crippen LogP contribution in [0.15, 0.2) is 205 Å². The molecular formula is C51H33N3O. The van der Waals surface area contributed by atoms with Gasteiger partial charge in [0.1, 0.15) is 11.2 Å². The van der Waals surface area contributed by atoms with Gasteiger partial charge in [0.2, 0.25) is 0 Å². The summed E-state index contributed by atoms with van der Waals surface area (Å²) in [7, 11) is 0. The molecule has 258 valence electrons.